The minimum atomic E-state index is 0.266. The minimum Gasteiger partial charge on any atom is -0.381 e. The number of thiazole rings is 1. The smallest absolute Gasteiger partial charge is 0.231 e. The van der Waals surface area contributed by atoms with Crippen molar-refractivity contribution >= 4 is 11.3 Å². The molecule has 2 aromatic heterocycles. The first-order valence-corrected chi connectivity index (χ1v) is 8.94. The molecule has 1 unspecified atom stereocenters. The summed E-state index contributed by atoms with van der Waals surface area (Å²) in [6.45, 7) is 5.58. The van der Waals surface area contributed by atoms with Gasteiger partial charge < -0.3 is 9.26 Å². The quantitative estimate of drug-likeness (QED) is 0.720. The van der Waals surface area contributed by atoms with Gasteiger partial charge in [0.2, 0.25) is 5.89 Å². The Kier molecular flexibility index (Phi) is 4.16. The topological polar surface area (TPSA) is 61.0 Å². The Morgan fingerprint density at radius 2 is 2.00 bits per heavy atom. The fraction of sp³-hybridized carbons (Fsp3) is 0.389. The Labute approximate surface area is 144 Å². The van der Waals surface area contributed by atoms with E-state index in [2.05, 4.69) is 41.3 Å². The van der Waals surface area contributed by atoms with Gasteiger partial charge in [-0.3, -0.25) is 0 Å². The van der Waals surface area contributed by atoms with Gasteiger partial charge in [-0.15, -0.1) is 11.3 Å². The van der Waals surface area contributed by atoms with Gasteiger partial charge in [0.25, 0.3) is 0 Å². The van der Waals surface area contributed by atoms with Crippen molar-refractivity contribution in [2.75, 3.05) is 13.2 Å². The second kappa shape index (κ2) is 6.45. The maximum atomic E-state index is 5.46. The normalized spacial score (nSPS) is 17.5. The number of ether oxygens (including phenoxy) is 1. The van der Waals surface area contributed by atoms with Gasteiger partial charge in [0.05, 0.1) is 23.7 Å². The van der Waals surface area contributed by atoms with Gasteiger partial charge in [-0.1, -0.05) is 35.0 Å². The van der Waals surface area contributed by atoms with E-state index in [1.54, 1.807) is 11.3 Å². The van der Waals surface area contributed by atoms with Crippen molar-refractivity contribution in [3.05, 3.63) is 51.4 Å². The summed E-state index contributed by atoms with van der Waals surface area (Å²) in [6.07, 6.45) is 1.59. The summed E-state index contributed by atoms with van der Waals surface area (Å²) in [5.41, 5.74) is 3.39. The summed E-state index contributed by atoms with van der Waals surface area (Å²) in [7, 11) is 0. The zero-order chi connectivity index (χ0) is 16.5. The maximum Gasteiger partial charge on any atom is 0.231 e. The van der Waals surface area contributed by atoms with E-state index in [0.29, 0.717) is 18.9 Å². The molecule has 1 fully saturated rings. The largest absolute Gasteiger partial charge is 0.381 e. The van der Waals surface area contributed by atoms with E-state index in [0.717, 1.165) is 40.0 Å². The van der Waals surface area contributed by atoms with Gasteiger partial charge in [-0.05, 0) is 20.3 Å². The Hall–Kier alpha value is -2.05. The molecular formula is C18H19N3O2S. The molecule has 1 saturated heterocycles. The maximum absolute atomic E-state index is 5.46. The highest BCUT2D eigenvalue weighted by Crippen LogP contribution is 2.30. The summed E-state index contributed by atoms with van der Waals surface area (Å²) < 4.78 is 10.9. The lowest BCUT2D eigenvalue weighted by Crippen LogP contribution is -2.00. The van der Waals surface area contributed by atoms with Crippen LogP contribution in [-0.2, 0) is 11.2 Å². The molecule has 3 aromatic rings. The van der Waals surface area contributed by atoms with Crippen molar-refractivity contribution in [3.63, 3.8) is 0 Å². The van der Waals surface area contributed by atoms with Crippen molar-refractivity contribution in [1.82, 2.24) is 15.1 Å². The third kappa shape index (κ3) is 3.12. The predicted molar refractivity (Wildman–Crippen MR) is 92.3 cm³/mol. The van der Waals surface area contributed by atoms with E-state index in [1.165, 1.54) is 5.56 Å². The summed E-state index contributed by atoms with van der Waals surface area (Å²) in [5, 5.41) is 5.18. The third-order valence-corrected chi connectivity index (χ3v) is 5.19. The van der Waals surface area contributed by atoms with Gasteiger partial charge in [-0.25, -0.2) is 4.98 Å². The van der Waals surface area contributed by atoms with Crippen LogP contribution in [0.15, 0.2) is 28.8 Å². The van der Waals surface area contributed by atoms with Crippen molar-refractivity contribution in [2.45, 2.75) is 32.6 Å². The number of benzene rings is 1. The van der Waals surface area contributed by atoms with E-state index in [4.69, 9.17) is 14.2 Å². The Bertz CT molecular complexity index is 832. The zero-order valence-electron chi connectivity index (χ0n) is 13.8. The SMILES string of the molecule is Cc1ccc(-c2nc(C)sc2Cc2nc(C3CCOC3)no2)cc1. The highest BCUT2D eigenvalue weighted by atomic mass is 32.1. The molecule has 124 valence electrons. The first-order chi connectivity index (χ1) is 11.7. The zero-order valence-corrected chi connectivity index (χ0v) is 14.6. The van der Waals surface area contributed by atoms with Gasteiger partial charge in [0, 0.05) is 23.0 Å². The molecule has 24 heavy (non-hydrogen) atoms. The molecular weight excluding hydrogens is 322 g/mol. The van der Waals surface area contributed by atoms with Gasteiger partial charge in [0.15, 0.2) is 5.82 Å². The highest BCUT2D eigenvalue weighted by Gasteiger charge is 2.24. The molecule has 0 spiro atoms. The number of aryl methyl sites for hydroxylation is 2. The third-order valence-electron chi connectivity index (χ3n) is 4.22. The van der Waals surface area contributed by atoms with Gasteiger partial charge in [0.1, 0.15) is 0 Å². The molecule has 1 atom stereocenters. The van der Waals surface area contributed by atoms with E-state index in [9.17, 15) is 0 Å². The molecule has 0 bridgehead atoms. The highest BCUT2D eigenvalue weighted by molar-refractivity contribution is 7.12. The molecule has 0 amide bonds. The van der Waals surface area contributed by atoms with Crippen LogP contribution < -0.4 is 0 Å². The number of hydrogen-bond donors (Lipinski definition) is 0. The fourth-order valence-corrected chi connectivity index (χ4v) is 3.86. The van der Waals surface area contributed by atoms with E-state index < -0.39 is 0 Å². The van der Waals surface area contributed by atoms with Crippen LogP contribution in [-0.4, -0.2) is 28.3 Å². The molecule has 1 aliphatic rings. The summed E-state index contributed by atoms with van der Waals surface area (Å²) >= 11 is 1.69. The lowest BCUT2D eigenvalue weighted by molar-refractivity contribution is 0.192. The summed E-state index contributed by atoms with van der Waals surface area (Å²) in [4.78, 5) is 10.4. The molecule has 5 nitrogen and oxygen atoms in total. The predicted octanol–water partition coefficient (Wildman–Crippen LogP) is 3.90. The van der Waals surface area contributed by atoms with Crippen LogP contribution >= 0.6 is 11.3 Å². The van der Waals surface area contributed by atoms with Crippen molar-refractivity contribution in [2.24, 2.45) is 0 Å². The summed E-state index contributed by atoms with van der Waals surface area (Å²) in [5.74, 6) is 1.68. The van der Waals surface area contributed by atoms with E-state index in [-0.39, 0.29) is 5.92 Å². The Morgan fingerprint density at radius 1 is 1.17 bits per heavy atom. The lowest BCUT2D eigenvalue weighted by atomic mass is 10.1. The molecule has 0 N–H and O–H groups in total. The van der Waals surface area contributed by atoms with E-state index in [1.807, 2.05) is 6.92 Å². The molecule has 0 saturated carbocycles. The molecule has 1 aliphatic heterocycles. The molecule has 0 aliphatic carbocycles. The average Bonchev–Trinajstić information content (AvgIpc) is 3.29. The van der Waals surface area contributed by atoms with Crippen LogP contribution in [0.5, 0.6) is 0 Å². The average molecular weight is 341 g/mol. The number of hydrogen-bond acceptors (Lipinski definition) is 6. The van der Waals surface area contributed by atoms with Crippen LogP contribution in [0.2, 0.25) is 0 Å². The van der Waals surface area contributed by atoms with Crippen molar-refractivity contribution in [1.29, 1.82) is 0 Å². The van der Waals surface area contributed by atoms with Crippen LogP contribution in [0.1, 0.15) is 39.5 Å². The fourth-order valence-electron chi connectivity index (χ4n) is 2.91. The molecule has 0 radical (unpaired) electrons. The second-order valence-electron chi connectivity index (χ2n) is 6.15. The van der Waals surface area contributed by atoms with Crippen LogP contribution in [0.3, 0.4) is 0 Å². The van der Waals surface area contributed by atoms with Crippen LogP contribution in [0, 0.1) is 13.8 Å². The van der Waals surface area contributed by atoms with E-state index >= 15 is 0 Å². The Balaban J connectivity index is 1.59. The Morgan fingerprint density at radius 3 is 2.75 bits per heavy atom. The number of nitrogens with zero attached hydrogens (tertiary/aromatic N) is 3. The van der Waals surface area contributed by atoms with Gasteiger partial charge in [-0.2, -0.15) is 4.98 Å². The molecule has 6 heteroatoms. The minimum absolute atomic E-state index is 0.266. The van der Waals surface area contributed by atoms with Gasteiger partial charge >= 0.3 is 0 Å². The summed E-state index contributed by atoms with van der Waals surface area (Å²) in [6, 6.07) is 8.45. The standard InChI is InChI=1S/C18H19N3O2S/c1-11-3-5-13(6-4-11)17-15(24-12(2)19-17)9-16-20-18(21-23-16)14-7-8-22-10-14/h3-6,14H,7-10H2,1-2H3. The second-order valence-corrected chi connectivity index (χ2v) is 7.44. The van der Waals surface area contributed by atoms with Crippen LogP contribution in [0.25, 0.3) is 11.3 Å². The number of rotatable bonds is 4. The molecule has 3 heterocycles. The lowest BCUT2D eigenvalue weighted by Gasteiger charge is -2.01. The van der Waals surface area contributed by atoms with Crippen molar-refractivity contribution in [3.8, 4) is 11.3 Å². The monoisotopic (exact) mass is 341 g/mol. The first kappa shape index (κ1) is 15.5. The van der Waals surface area contributed by atoms with Crippen molar-refractivity contribution < 1.29 is 9.26 Å². The number of aromatic nitrogens is 3. The molecule has 1 aromatic carbocycles. The molecule has 4 rings (SSSR count). The van der Waals surface area contributed by atoms with Crippen LogP contribution in [0.4, 0.5) is 0 Å². The first-order valence-electron chi connectivity index (χ1n) is 8.12.